The van der Waals surface area contributed by atoms with Gasteiger partial charge in [-0.15, -0.1) is 0 Å². The molecular formula is C11H16N5O7P. The van der Waals surface area contributed by atoms with Crippen molar-refractivity contribution >= 4 is 24.7 Å². The molecule has 1 aliphatic heterocycles. The number of ether oxygens (including phenoxy) is 2. The number of anilines is 1. The number of aromatic nitrogens is 4. The minimum Gasteiger partial charge on any atom is -0.383 e. The number of nitrogens with zero attached hydrogens (tertiary/aromatic N) is 3. The fourth-order valence-corrected chi connectivity index (χ4v) is 2.88. The van der Waals surface area contributed by atoms with Gasteiger partial charge in [0.25, 0.3) is 5.56 Å². The van der Waals surface area contributed by atoms with Crippen LogP contribution in [-0.4, -0.2) is 65.7 Å². The molecule has 1 aliphatic rings. The van der Waals surface area contributed by atoms with Crippen LogP contribution in [-0.2, 0) is 20.6 Å². The van der Waals surface area contributed by atoms with Crippen LogP contribution in [0.5, 0.6) is 0 Å². The number of aliphatic hydroxyl groups is 1. The molecule has 2 aromatic rings. The van der Waals surface area contributed by atoms with E-state index < -0.39 is 31.2 Å². The number of nitrogen functional groups attached to an aromatic ring is 1. The van der Waals surface area contributed by atoms with Crippen LogP contribution in [0.3, 0.4) is 0 Å². The molecule has 3 heterocycles. The Morgan fingerprint density at radius 2 is 2.33 bits per heavy atom. The van der Waals surface area contributed by atoms with Gasteiger partial charge in [0.05, 0.1) is 26.1 Å². The van der Waals surface area contributed by atoms with E-state index in [0.717, 1.165) is 0 Å². The summed E-state index contributed by atoms with van der Waals surface area (Å²) in [6.45, 7) is -0.248. The Labute approximate surface area is 134 Å². The van der Waals surface area contributed by atoms with Gasteiger partial charge in [0.2, 0.25) is 5.95 Å². The van der Waals surface area contributed by atoms with E-state index in [0.29, 0.717) is 0 Å². The third kappa shape index (κ3) is 3.34. The predicted molar refractivity (Wildman–Crippen MR) is 80.1 cm³/mol. The van der Waals surface area contributed by atoms with Crippen molar-refractivity contribution in [1.29, 1.82) is 0 Å². The van der Waals surface area contributed by atoms with Gasteiger partial charge in [0.15, 0.2) is 11.2 Å². The smallest absolute Gasteiger partial charge is 0.350 e. The predicted octanol–water partition coefficient (Wildman–Crippen LogP) is -2.02. The van der Waals surface area contributed by atoms with Gasteiger partial charge >= 0.3 is 7.60 Å². The van der Waals surface area contributed by atoms with Crippen LogP contribution in [0.4, 0.5) is 5.95 Å². The Morgan fingerprint density at radius 1 is 1.58 bits per heavy atom. The Kier molecular flexibility index (Phi) is 4.20. The third-order valence-electron chi connectivity index (χ3n) is 3.60. The zero-order valence-electron chi connectivity index (χ0n) is 12.3. The molecule has 0 bridgehead atoms. The minimum absolute atomic E-state index is 0.0285. The van der Waals surface area contributed by atoms with E-state index in [2.05, 4.69) is 15.0 Å². The van der Waals surface area contributed by atoms with Gasteiger partial charge in [-0.3, -0.25) is 14.3 Å². The highest BCUT2D eigenvalue weighted by Crippen LogP contribution is 2.36. The summed E-state index contributed by atoms with van der Waals surface area (Å²) in [4.78, 5) is 39.8. The van der Waals surface area contributed by atoms with Gasteiger partial charge < -0.3 is 34.7 Å². The van der Waals surface area contributed by atoms with E-state index in [4.69, 9.17) is 25.0 Å². The lowest BCUT2D eigenvalue weighted by atomic mass is 10.0. The van der Waals surface area contributed by atoms with E-state index in [-0.39, 0.29) is 36.9 Å². The second-order valence-corrected chi connectivity index (χ2v) is 7.15. The first-order valence-electron chi connectivity index (χ1n) is 6.85. The molecule has 0 aromatic carbocycles. The summed E-state index contributed by atoms with van der Waals surface area (Å²) in [5.74, 6) is -0.0989. The molecule has 2 atom stereocenters. The number of hydrogen-bond acceptors (Lipinski definition) is 8. The van der Waals surface area contributed by atoms with Crippen LogP contribution in [0.2, 0.25) is 0 Å². The molecule has 0 spiro atoms. The molecule has 6 N–H and O–H groups in total. The van der Waals surface area contributed by atoms with Crippen molar-refractivity contribution in [2.24, 2.45) is 0 Å². The molecule has 0 radical (unpaired) electrons. The molecule has 0 unspecified atom stereocenters. The first-order chi connectivity index (χ1) is 11.2. The number of nitrogens with one attached hydrogen (secondary N) is 1. The Hall–Kier alpha value is -1.82. The molecule has 13 heteroatoms. The Bertz CT molecular complexity index is 860. The van der Waals surface area contributed by atoms with Crippen LogP contribution < -0.4 is 11.3 Å². The first kappa shape index (κ1) is 17.0. The maximum Gasteiger partial charge on any atom is 0.350 e. The Morgan fingerprint density at radius 3 is 3.04 bits per heavy atom. The van der Waals surface area contributed by atoms with E-state index in [9.17, 15) is 14.5 Å². The second kappa shape index (κ2) is 5.92. The first-order valence-corrected chi connectivity index (χ1v) is 8.65. The molecule has 0 amide bonds. The largest absolute Gasteiger partial charge is 0.383 e. The van der Waals surface area contributed by atoms with Crippen LogP contribution >= 0.6 is 7.60 Å². The maximum absolute atomic E-state index is 11.8. The molecule has 1 saturated heterocycles. The van der Waals surface area contributed by atoms with Crippen molar-refractivity contribution in [3.63, 3.8) is 0 Å². The number of rotatable bonds is 5. The summed E-state index contributed by atoms with van der Waals surface area (Å²) in [6, 6.07) is 0. The van der Waals surface area contributed by atoms with Gasteiger partial charge in [0.1, 0.15) is 18.1 Å². The molecule has 0 saturated carbocycles. The fraction of sp³-hybridized carbons (Fsp3) is 0.545. The van der Waals surface area contributed by atoms with Crippen molar-refractivity contribution in [3.8, 4) is 0 Å². The van der Waals surface area contributed by atoms with Gasteiger partial charge in [-0.1, -0.05) is 0 Å². The minimum atomic E-state index is -4.38. The number of H-pyrrole nitrogens is 1. The average molecular weight is 361 g/mol. The average Bonchev–Trinajstić information content (AvgIpc) is 3.01. The van der Waals surface area contributed by atoms with E-state index >= 15 is 0 Å². The van der Waals surface area contributed by atoms with Gasteiger partial charge in [-0.2, -0.15) is 4.98 Å². The zero-order chi connectivity index (χ0) is 17.5. The lowest BCUT2D eigenvalue weighted by Crippen LogP contribution is -2.46. The van der Waals surface area contributed by atoms with Crippen molar-refractivity contribution in [2.45, 2.75) is 18.2 Å². The van der Waals surface area contributed by atoms with E-state index in [1.807, 2.05) is 0 Å². The molecule has 0 aliphatic carbocycles. The van der Waals surface area contributed by atoms with Crippen LogP contribution in [0, 0.1) is 0 Å². The second-order valence-electron chi connectivity index (χ2n) is 5.56. The normalized spacial score (nSPS) is 24.7. The highest BCUT2D eigenvalue weighted by molar-refractivity contribution is 7.51. The highest BCUT2D eigenvalue weighted by atomic mass is 31.2. The molecular weight excluding hydrogens is 345 g/mol. The molecule has 12 nitrogen and oxygen atoms in total. The van der Waals surface area contributed by atoms with Crippen LogP contribution in [0.15, 0.2) is 11.1 Å². The van der Waals surface area contributed by atoms with Crippen LogP contribution in [0.25, 0.3) is 11.2 Å². The van der Waals surface area contributed by atoms with Gasteiger partial charge in [-0.05, 0) is 0 Å². The molecule has 24 heavy (non-hydrogen) atoms. The molecule has 3 rings (SSSR count). The number of imidazole rings is 1. The van der Waals surface area contributed by atoms with E-state index in [1.165, 1.54) is 10.9 Å². The van der Waals surface area contributed by atoms with Crippen molar-refractivity contribution in [3.05, 3.63) is 16.7 Å². The number of nitrogens with two attached hydrogens (primary N) is 1. The van der Waals surface area contributed by atoms with Crippen LogP contribution in [0.1, 0.15) is 0 Å². The summed E-state index contributed by atoms with van der Waals surface area (Å²) in [5, 5.41) is 10.7. The summed E-state index contributed by atoms with van der Waals surface area (Å²) < 4.78 is 22.6. The molecule has 1 fully saturated rings. The lowest BCUT2D eigenvalue weighted by Gasteiger charge is -2.28. The summed E-state index contributed by atoms with van der Waals surface area (Å²) in [6.07, 6.45) is -0.483. The summed E-state index contributed by atoms with van der Waals surface area (Å²) >= 11 is 0. The number of aromatic amines is 1. The van der Waals surface area contributed by atoms with Gasteiger partial charge in [0, 0.05) is 0 Å². The third-order valence-corrected chi connectivity index (χ3v) is 4.09. The van der Waals surface area contributed by atoms with Crippen molar-refractivity contribution in [2.75, 3.05) is 25.3 Å². The SMILES string of the molecule is Nc1nc2c(ncn2C[C@@]2(O)COC[C@@H]2OCP(=O)(O)O)c(=O)[nH]1. The highest BCUT2D eigenvalue weighted by Gasteiger charge is 2.45. The summed E-state index contributed by atoms with van der Waals surface area (Å²) in [7, 11) is -4.38. The quantitative estimate of drug-likeness (QED) is 0.372. The maximum atomic E-state index is 11.8. The number of hydrogen-bond donors (Lipinski definition) is 5. The monoisotopic (exact) mass is 361 g/mol. The zero-order valence-corrected chi connectivity index (χ0v) is 13.2. The Balaban J connectivity index is 1.86. The lowest BCUT2D eigenvalue weighted by molar-refractivity contribution is -0.0783. The molecule has 132 valence electrons. The number of fused-ring (bicyclic) bond motifs is 1. The summed E-state index contributed by atoms with van der Waals surface area (Å²) in [5.41, 5.74) is 3.66. The van der Waals surface area contributed by atoms with Crippen molar-refractivity contribution < 1.29 is 28.9 Å². The standard InChI is InChI=1S/C11H16N5O7P/c12-10-14-8-7(9(17)15-10)13-4-16(8)2-11(18)3-22-1-6(11)23-5-24(19,20)21/h4,6,18H,1-3,5H2,(H2,19,20,21)(H3,12,14,15,17)/t6-,11+/m0/s1. The van der Waals surface area contributed by atoms with E-state index in [1.54, 1.807) is 0 Å². The molecule has 2 aromatic heterocycles. The van der Waals surface area contributed by atoms with Gasteiger partial charge in [-0.25, -0.2) is 4.98 Å². The topological polar surface area (TPSA) is 186 Å². The van der Waals surface area contributed by atoms with Crippen molar-refractivity contribution in [1.82, 2.24) is 19.5 Å². The fourth-order valence-electron chi connectivity index (χ4n) is 2.51.